The van der Waals surface area contributed by atoms with Gasteiger partial charge in [-0.05, 0) is 24.2 Å². The van der Waals surface area contributed by atoms with E-state index in [1.165, 1.54) is 17.5 Å². The lowest BCUT2D eigenvalue weighted by Gasteiger charge is -2.12. The molecule has 12 heteroatoms. The molecular weight excluding hydrogens is 440 g/mol. The Labute approximate surface area is 163 Å². The van der Waals surface area contributed by atoms with Crippen molar-refractivity contribution < 1.29 is 35.8 Å². The molecule has 150 valence electrons. The molecular formula is C15H12ClF6NO2S2. The molecule has 0 spiro atoms. The Balaban J connectivity index is 1.96. The van der Waals surface area contributed by atoms with E-state index in [4.69, 9.17) is 21.1 Å². The molecule has 2 rings (SSSR count). The van der Waals surface area contributed by atoms with Crippen LogP contribution >= 0.6 is 34.7 Å². The van der Waals surface area contributed by atoms with Crippen molar-refractivity contribution in [2.24, 2.45) is 0 Å². The smallest absolute Gasteiger partial charge is 0.443 e. The second kappa shape index (κ2) is 8.78. The fraction of sp³-hybridized carbons (Fsp3) is 0.400. The number of hydrogen-bond donors (Lipinski definition) is 0. The molecule has 0 fully saturated rings. The number of aromatic nitrogens is 1. The third-order valence-corrected chi connectivity index (χ3v) is 5.05. The Morgan fingerprint density at radius 1 is 1.15 bits per heavy atom. The van der Waals surface area contributed by atoms with Gasteiger partial charge in [0.2, 0.25) is 11.8 Å². The van der Waals surface area contributed by atoms with Gasteiger partial charge in [0.05, 0.1) is 11.3 Å². The van der Waals surface area contributed by atoms with E-state index in [9.17, 15) is 26.3 Å². The largest absolute Gasteiger partial charge is 0.477 e. The van der Waals surface area contributed by atoms with Crippen LogP contribution in [0.2, 0.25) is 0 Å². The van der Waals surface area contributed by atoms with Gasteiger partial charge in [-0.25, -0.2) is 0 Å². The van der Waals surface area contributed by atoms with Gasteiger partial charge >= 0.3 is 11.7 Å². The van der Waals surface area contributed by atoms with E-state index in [-0.39, 0.29) is 42.3 Å². The van der Waals surface area contributed by atoms with Gasteiger partial charge in [0.1, 0.15) is 10.6 Å². The zero-order valence-corrected chi connectivity index (χ0v) is 15.9. The minimum atomic E-state index is -4.47. The first kappa shape index (κ1) is 22.0. The maximum atomic E-state index is 12.6. The molecule has 0 amide bonds. The molecule has 0 bridgehead atoms. The Hall–Kier alpha value is -1.33. The van der Waals surface area contributed by atoms with Gasteiger partial charge in [-0.2, -0.15) is 31.3 Å². The number of nitrogens with zero attached hydrogens (tertiary/aromatic N) is 1. The molecule has 0 N–H and O–H groups in total. The van der Waals surface area contributed by atoms with E-state index >= 15 is 0 Å². The van der Waals surface area contributed by atoms with Crippen molar-refractivity contribution in [2.45, 2.75) is 29.7 Å². The van der Waals surface area contributed by atoms with Crippen LogP contribution in [0.1, 0.15) is 16.9 Å². The molecule has 1 atom stereocenters. The van der Waals surface area contributed by atoms with E-state index in [2.05, 4.69) is 4.98 Å². The van der Waals surface area contributed by atoms with Gasteiger partial charge in [-0.15, -0.1) is 22.9 Å². The molecule has 27 heavy (non-hydrogen) atoms. The number of hydrogen-bond acceptors (Lipinski definition) is 5. The number of thioether (sulfide) groups is 1. The van der Waals surface area contributed by atoms with E-state index < -0.39 is 21.3 Å². The molecule has 0 saturated heterocycles. The first-order valence-corrected chi connectivity index (χ1v) is 9.45. The average Bonchev–Trinajstić information content (AvgIpc) is 2.93. The Bertz CT molecular complexity index is 765. The van der Waals surface area contributed by atoms with Crippen molar-refractivity contribution >= 4 is 34.7 Å². The van der Waals surface area contributed by atoms with Crippen molar-refractivity contribution in [1.29, 1.82) is 0 Å². The molecule has 0 saturated carbocycles. The summed E-state index contributed by atoms with van der Waals surface area (Å²) >= 11 is 5.71. The second-order valence-corrected chi connectivity index (χ2v) is 8.14. The van der Waals surface area contributed by atoms with Crippen LogP contribution in [0.3, 0.4) is 0 Å². The topological polar surface area (TPSA) is 31.4 Å². The normalized spacial score (nSPS) is 13.5. The quantitative estimate of drug-likeness (QED) is 0.340. The van der Waals surface area contributed by atoms with Crippen LogP contribution in [0.15, 0.2) is 23.6 Å². The summed E-state index contributed by atoms with van der Waals surface area (Å²) in [6, 6.07) is 3.85. The fourth-order valence-corrected chi connectivity index (χ4v) is 3.41. The SMILES string of the molecule is Cc1cc(OCCC(Cl)SC(F)(F)F)nc(Oc2csc(C(F)(F)F)c2)c1. The molecule has 2 aromatic heterocycles. The summed E-state index contributed by atoms with van der Waals surface area (Å²) in [5.41, 5.74) is -3.79. The maximum absolute atomic E-state index is 12.6. The second-order valence-electron chi connectivity index (χ2n) is 5.18. The highest BCUT2D eigenvalue weighted by atomic mass is 35.5. The zero-order chi connectivity index (χ0) is 20.2. The minimum Gasteiger partial charge on any atom is -0.477 e. The monoisotopic (exact) mass is 451 g/mol. The molecule has 0 aliphatic rings. The molecule has 0 aromatic carbocycles. The van der Waals surface area contributed by atoms with Crippen molar-refractivity contribution in [3.05, 3.63) is 34.0 Å². The highest BCUT2D eigenvalue weighted by Gasteiger charge is 2.33. The fourth-order valence-electron chi connectivity index (χ4n) is 1.83. The number of pyridine rings is 1. The number of rotatable bonds is 7. The summed E-state index contributed by atoms with van der Waals surface area (Å²) in [5, 5.41) is 1.19. The number of ether oxygens (including phenoxy) is 2. The summed E-state index contributed by atoms with van der Waals surface area (Å²) < 4.78 is 83.8. The predicted molar refractivity (Wildman–Crippen MR) is 91.8 cm³/mol. The Kier molecular flexibility index (Phi) is 7.14. The van der Waals surface area contributed by atoms with Crippen LogP contribution in [-0.4, -0.2) is 21.8 Å². The van der Waals surface area contributed by atoms with E-state index in [1.807, 2.05) is 0 Å². The van der Waals surface area contributed by atoms with Crippen LogP contribution < -0.4 is 9.47 Å². The van der Waals surface area contributed by atoms with Gasteiger partial charge in [-0.3, -0.25) is 0 Å². The third kappa shape index (κ3) is 7.67. The predicted octanol–water partition coefficient (Wildman–Crippen LogP) is 6.85. The van der Waals surface area contributed by atoms with E-state index in [0.29, 0.717) is 16.9 Å². The van der Waals surface area contributed by atoms with E-state index in [0.717, 1.165) is 6.07 Å². The van der Waals surface area contributed by atoms with E-state index in [1.54, 1.807) is 6.92 Å². The first-order chi connectivity index (χ1) is 12.4. The molecule has 0 aliphatic carbocycles. The van der Waals surface area contributed by atoms with Crippen molar-refractivity contribution in [1.82, 2.24) is 4.98 Å². The summed E-state index contributed by atoms with van der Waals surface area (Å²) in [7, 11) is 0. The van der Waals surface area contributed by atoms with Crippen molar-refractivity contribution in [2.75, 3.05) is 6.61 Å². The Morgan fingerprint density at radius 3 is 2.41 bits per heavy atom. The van der Waals surface area contributed by atoms with Gasteiger partial charge in [-0.1, -0.05) is 0 Å². The maximum Gasteiger partial charge on any atom is 0.443 e. The van der Waals surface area contributed by atoms with Crippen LogP contribution in [-0.2, 0) is 6.18 Å². The number of thiophene rings is 1. The summed E-state index contributed by atoms with van der Waals surface area (Å²) in [6.45, 7) is 1.56. The molecule has 0 aliphatic heterocycles. The number of halogens is 7. The number of alkyl halides is 7. The van der Waals surface area contributed by atoms with Gasteiger partial charge in [0, 0.05) is 30.0 Å². The summed E-state index contributed by atoms with van der Waals surface area (Å²) in [4.78, 5) is 3.17. The summed E-state index contributed by atoms with van der Waals surface area (Å²) in [6.07, 6.45) is -4.55. The first-order valence-electron chi connectivity index (χ1n) is 7.26. The molecule has 0 radical (unpaired) electrons. The lowest BCUT2D eigenvalue weighted by atomic mass is 10.3. The standard InChI is InChI=1S/C15H12ClF6NO2S2/c1-8-4-12(24-3-2-11(16)27-15(20,21)22)23-13(5-8)25-9-6-10(26-7-9)14(17,18)19/h4-7,11H,2-3H2,1H3. The van der Waals surface area contributed by atoms with Gasteiger partial charge < -0.3 is 9.47 Å². The summed E-state index contributed by atoms with van der Waals surface area (Å²) in [5.74, 6) is 0.0412. The minimum absolute atomic E-state index is 0.00335. The average molecular weight is 452 g/mol. The lowest BCUT2D eigenvalue weighted by Crippen LogP contribution is -2.10. The van der Waals surface area contributed by atoms with Crippen molar-refractivity contribution in [3.63, 3.8) is 0 Å². The van der Waals surface area contributed by atoms with Crippen LogP contribution in [0.5, 0.6) is 17.5 Å². The molecule has 1 unspecified atom stereocenters. The lowest BCUT2D eigenvalue weighted by molar-refractivity contribution is -0.134. The molecule has 3 nitrogen and oxygen atoms in total. The molecule has 2 aromatic rings. The van der Waals surface area contributed by atoms with Crippen LogP contribution in [0, 0.1) is 6.92 Å². The van der Waals surface area contributed by atoms with Crippen LogP contribution in [0.25, 0.3) is 0 Å². The van der Waals surface area contributed by atoms with Crippen molar-refractivity contribution in [3.8, 4) is 17.5 Å². The number of aryl methyl sites for hydroxylation is 1. The highest BCUT2D eigenvalue weighted by Crippen LogP contribution is 2.38. The van der Waals surface area contributed by atoms with Gasteiger partial charge in [0.25, 0.3) is 0 Å². The van der Waals surface area contributed by atoms with Crippen LogP contribution in [0.4, 0.5) is 26.3 Å². The van der Waals surface area contributed by atoms with Gasteiger partial charge in [0.15, 0.2) is 0 Å². The zero-order valence-electron chi connectivity index (χ0n) is 13.5. The third-order valence-electron chi connectivity index (χ3n) is 2.86. The molecule has 2 heterocycles. The Morgan fingerprint density at radius 2 is 1.81 bits per heavy atom. The highest BCUT2D eigenvalue weighted by molar-refractivity contribution is 8.01.